The third-order valence-corrected chi connectivity index (χ3v) is 1.58. The van der Waals surface area contributed by atoms with Gasteiger partial charge in [-0.3, -0.25) is 4.79 Å². The van der Waals surface area contributed by atoms with Crippen LogP contribution < -0.4 is 5.73 Å². The van der Waals surface area contributed by atoms with Crippen LogP contribution in [0.3, 0.4) is 0 Å². The third kappa shape index (κ3) is 4.61. The second-order valence-corrected chi connectivity index (χ2v) is 2.62. The van der Waals surface area contributed by atoms with E-state index in [2.05, 4.69) is 0 Å². The number of nitrogens with two attached hydrogens (primary N) is 1. The van der Waals surface area contributed by atoms with Gasteiger partial charge >= 0.3 is 0 Å². The van der Waals surface area contributed by atoms with E-state index in [1.807, 2.05) is 0 Å². The second-order valence-electron chi connectivity index (χ2n) is 1.70. The summed E-state index contributed by atoms with van der Waals surface area (Å²) in [5.41, 5.74) is 4.99. The molecule has 1 unspecified atom stereocenters. The number of amides is 1. The Bertz CT molecular complexity index is 107. The van der Waals surface area contributed by atoms with Gasteiger partial charge in [0.25, 0.3) is 3.91 Å². The van der Waals surface area contributed by atoms with Gasteiger partial charge in [-0.25, -0.2) is 0 Å². The summed E-state index contributed by atoms with van der Waals surface area (Å²) in [6.07, 6.45) is -0.936. The van der Waals surface area contributed by atoms with Crippen molar-refractivity contribution in [3.05, 3.63) is 0 Å². The highest BCUT2D eigenvalue weighted by Crippen LogP contribution is 1.94. The molecule has 1 atom stereocenters. The maximum absolute atomic E-state index is 10.4. The minimum Gasteiger partial charge on any atom is -0.377 e. The van der Waals surface area contributed by atoms with Crippen LogP contribution in [-0.4, -0.2) is 33.7 Å². The third-order valence-electron chi connectivity index (χ3n) is 0.761. The Labute approximate surface area is 67.2 Å². The predicted molar refractivity (Wildman–Crippen MR) is 42.2 cm³/mol. The molecule has 0 bridgehead atoms. The molecule has 5 heteroatoms. The summed E-state index contributed by atoms with van der Waals surface area (Å²) in [4.78, 5) is 11.8. The van der Waals surface area contributed by atoms with E-state index in [1.54, 1.807) is 29.6 Å². The van der Waals surface area contributed by atoms with Crippen molar-refractivity contribution < 1.29 is 9.90 Å². The highest BCUT2D eigenvalue weighted by atomic mass is 127. The lowest BCUT2D eigenvalue weighted by molar-refractivity contribution is 0.145. The van der Waals surface area contributed by atoms with Gasteiger partial charge in [-0.2, -0.15) is 0 Å². The number of aliphatic hydroxyl groups excluding tert-OH is 1. The van der Waals surface area contributed by atoms with E-state index in [0.717, 1.165) is 0 Å². The first-order chi connectivity index (χ1) is 4.04. The molecule has 0 aliphatic rings. The Kier molecular flexibility index (Phi) is 4.07. The summed E-state index contributed by atoms with van der Waals surface area (Å²) < 4.78 is -0.128. The zero-order valence-corrected chi connectivity index (χ0v) is 7.20. The van der Waals surface area contributed by atoms with Crippen molar-refractivity contribution in [2.24, 2.45) is 5.73 Å². The Morgan fingerprint density at radius 1 is 2.00 bits per heavy atom. The quantitative estimate of drug-likeness (QED) is 0.304. The Hall–Kier alpha value is 0.120. The Morgan fingerprint density at radius 3 is 2.56 bits per heavy atom. The first kappa shape index (κ1) is 9.12. The maximum atomic E-state index is 10.4. The largest absolute Gasteiger partial charge is 0.377 e. The zero-order valence-electron chi connectivity index (χ0n) is 5.04. The van der Waals surface area contributed by atoms with Gasteiger partial charge in [0.2, 0.25) is 0 Å². The summed E-state index contributed by atoms with van der Waals surface area (Å²) in [5, 5.41) is 8.55. The van der Waals surface area contributed by atoms with Gasteiger partial charge in [0.1, 0.15) is 6.23 Å². The zero-order chi connectivity index (χ0) is 7.44. The van der Waals surface area contributed by atoms with Gasteiger partial charge < -0.3 is 15.7 Å². The summed E-state index contributed by atoms with van der Waals surface area (Å²) in [6, 6.07) is 0. The van der Waals surface area contributed by atoms with E-state index in [1.165, 1.54) is 4.90 Å². The van der Waals surface area contributed by atoms with Crippen LogP contribution in [0.5, 0.6) is 0 Å². The SMILES string of the molecule is CN(CC(N)O)C(=O)I. The number of carbonyl (C=O) groups is 1. The average molecular weight is 244 g/mol. The number of aliphatic hydroxyl groups is 1. The van der Waals surface area contributed by atoms with Crippen molar-refractivity contribution in [2.75, 3.05) is 13.6 Å². The van der Waals surface area contributed by atoms with Crippen LogP contribution in [0.1, 0.15) is 0 Å². The molecule has 0 radical (unpaired) electrons. The van der Waals surface area contributed by atoms with Crippen molar-refractivity contribution in [3.63, 3.8) is 0 Å². The number of halogens is 1. The standard InChI is InChI=1S/C4H9IN2O2/c1-7(4(5)9)2-3(6)8/h3,8H,2,6H2,1H3. The molecule has 0 aliphatic heterocycles. The van der Waals surface area contributed by atoms with E-state index in [4.69, 9.17) is 10.8 Å². The molecule has 0 aromatic carbocycles. The van der Waals surface area contributed by atoms with E-state index >= 15 is 0 Å². The fourth-order valence-corrected chi connectivity index (χ4v) is 0.549. The Balaban J connectivity index is 3.50. The fourth-order valence-electron chi connectivity index (χ4n) is 0.352. The van der Waals surface area contributed by atoms with E-state index < -0.39 is 6.23 Å². The summed E-state index contributed by atoms with van der Waals surface area (Å²) in [7, 11) is 1.57. The molecule has 4 nitrogen and oxygen atoms in total. The van der Waals surface area contributed by atoms with Crippen LogP contribution in [0.4, 0.5) is 4.79 Å². The summed E-state index contributed by atoms with van der Waals surface area (Å²) in [5.74, 6) is 0. The highest BCUT2D eigenvalue weighted by Gasteiger charge is 2.05. The van der Waals surface area contributed by atoms with Crippen molar-refractivity contribution in [1.29, 1.82) is 0 Å². The molecule has 0 saturated heterocycles. The predicted octanol–water partition coefficient (Wildman–Crippen LogP) is -0.250. The maximum Gasteiger partial charge on any atom is 0.283 e. The molecular formula is C4H9IN2O2. The number of hydrogen-bond donors (Lipinski definition) is 2. The lowest BCUT2D eigenvalue weighted by atomic mass is 10.5. The first-order valence-electron chi connectivity index (χ1n) is 2.38. The monoisotopic (exact) mass is 244 g/mol. The Morgan fingerprint density at radius 2 is 2.44 bits per heavy atom. The van der Waals surface area contributed by atoms with Gasteiger partial charge in [-0.1, -0.05) is 0 Å². The van der Waals surface area contributed by atoms with Crippen molar-refractivity contribution >= 4 is 26.5 Å². The molecule has 0 aromatic rings. The van der Waals surface area contributed by atoms with Gasteiger partial charge in [0, 0.05) is 29.6 Å². The van der Waals surface area contributed by atoms with Crippen molar-refractivity contribution in [1.82, 2.24) is 4.90 Å². The number of rotatable bonds is 2. The van der Waals surface area contributed by atoms with Crippen molar-refractivity contribution in [2.45, 2.75) is 6.23 Å². The number of carbonyl (C=O) groups excluding carboxylic acids is 1. The van der Waals surface area contributed by atoms with E-state index in [-0.39, 0.29) is 10.5 Å². The summed E-state index contributed by atoms with van der Waals surface area (Å²) in [6.45, 7) is 0.182. The molecule has 1 amide bonds. The highest BCUT2D eigenvalue weighted by molar-refractivity contribution is 14.1. The van der Waals surface area contributed by atoms with Crippen LogP contribution in [0.2, 0.25) is 0 Å². The van der Waals surface area contributed by atoms with Gasteiger partial charge in [0.15, 0.2) is 0 Å². The number of nitrogens with zero attached hydrogens (tertiary/aromatic N) is 1. The second kappa shape index (κ2) is 4.02. The van der Waals surface area contributed by atoms with Crippen molar-refractivity contribution in [3.8, 4) is 0 Å². The lowest BCUT2D eigenvalue weighted by Gasteiger charge is -2.14. The van der Waals surface area contributed by atoms with Gasteiger partial charge in [0.05, 0.1) is 6.54 Å². The smallest absolute Gasteiger partial charge is 0.283 e. The first-order valence-corrected chi connectivity index (χ1v) is 3.46. The molecule has 0 heterocycles. The minimum atomic E-state index is -0.936. The number of likely N-dealkylation sites (N-methyl/N-ethyl adjacent to an activating group) is 1. The fraction of sp³-hybridized carbons (Fsp3) is 0.750. The molecule has 0 aromatic heterocycles. The van der Waals surface area contributed by atoms with Crippen LogP contribution >= 0.6 is 22.6 Å². The van der Waals surface area contributed by atoms with Crippen LogP contribution in [0.25, 0.3) is 0 Å². The number of hydrogen-bond acceptors (Lipinski definition) is 3. The molecule has 0 rings (SSSR count). The van der Waals surface area contributed by atoms with E-state index in [9.17, 15) is 4.79 Å². The molecule has 0 fully saturated rings. The topological polar surface area (TPSA) is 66.6 Å². The molecule has 0 aliphatic carbocycles. The van der Waals surface area contributed by atoms with Crippen LogP contribution in [0, 0.1) is 0 Å². The average Bonchev–Trinajstić information content (AvgIpc) is 1.63. The molecule has 0 spiro atoms. The molecular weight excluding hydrogens is 235 g/mol. The molecule has 3 N–H and O–H groups in total. The molecule has 0 saturated carbocycles. The minimum absolute atomic E-state index is 0.128. The van der Waals surface area contributed by atoms with Crippen LogP contribution in [-0.2, 0) is 0 Å². The van der Waals surface area contributed by atoms with Crippen LogP contribution in [0.15, 0.2) is 0 Å². The van der Waals surface area contributed by atoms with E-state index in [0.29, 0.717) is 0 Å². The van der Waals surface area contributed by atoms with Gasteiger partial charge in [-0.15, -0.1) is 0 Å². The summed E-state index contributed by atoms with van der Waals surface area (Å²) >= 11 is 1.62. The van der Waals surface area contributed by atoms with Gasteiger partial charge in [-0.05, 0) is 0 Å². The molecule has 54 valence electrons. The molecule has 9 heavy (non-hydrogen) atoms. The lowest BCUT2D eigenvalue weighted by Crippen LogP contribution is -2.35. The normalized spacial score (nSPS) is 12.9.